The second kappa shape index (κ2) is 5.48. The van der Waals surface area contributed by atoms with Crippen LogP contribution in [0.25, 0.3) is 0 Å². The number of hydrogen-bond acceptors (Lipinski definition) is 3. The van der Waals surface area contributed by atoms with Gasteiger partial charge in [0.25, 0.3) is 0 Å². The number of halogens is 2. The fourth-order valence-electron chi connectivity index (χ4n) is 1.07. The third-order valence-electron chi connectivity index (χ3n) is 2.51. The molecule has 1 aromatic heterocycles. The average molecular weight is 341 g/mol. The van der Waals surface area contributed by atoms with Gasteiger partial charge in [0.1, 0.15) is 5.76 Å². The predicted molar refractivity (Wildman–Crippen MR) is 66.7 cm³/mol. The number of nitrogens with one attached hydrogen (secondary N) is 1. The monoisotopic (exact) mass is 339 g/mol. The minimum absolute atomic E-state index is 0.118. The van der Waals surface area contributed by atoms with Crippen LogP contribution < -0.4 is 5.32 Å². The summed E-state index contributed by atoms with van der Waals surface area (Å²) in [5, 5.41) is 12.5. The molecule has 15 heavy (non-hydrogen) atoms. The van der Waals surface area contributed by atoms with Crippen molar-refractivity contribution in [2.45, 2.75) is 32.4 Å². The van der Waals surface area contributed by atoms with Gasteiger partial charge in [-0.15, -0.1) is 0 Å². The lowest BCUT2D eigenvalue weighted by molar-refractivity contribution is 0.166. The van der Waals surface area contributed by atoms with Crippen LogP contribution in [0, 0.1) is 0 Å². The number of aliphatic hydroxyl groups excluding tert-OH is 1. The van der Waals surface area contributed by atoms with Gasteiger partial charge in [0, 0.05) is 5.54 Å². The van der Waals surface area contributed by atoms with Crippen molar-refractivity contribution in [2.24, 2.45) is 0 Å². The van der Waals surface area contributed by atoms with Gasteiger partial charge in [-0.1, -0.05) is 6.92 Å². The minimum Gasteiger partial charge on any atom is -0.452 e. The molecule has 86 valence electrons. The Labute approximate surface area is 106 Å². The molecule has 0 amide bonds. The van der Waals surface area contributed by atoms with E-state index in [-0.39, 0.29) is 12.1 Å². The zero-order chi connectivity index (χ0) is 11.5. The van der Waals surface area contributed by atoms with Gasteiger partial charge in [-0.05, 0) is 51.3 Å². The fourth-order valence-corrected chi connectivity index (χ4v) is 1.73. The van der Waals surface area contributed by atoms with E-state index in [1.54, 1.807) is 0 Å². The first-order valence-electron chi connectivity index (χ1n) is 4.80. The lowest BCUT2D eigenvalue weighted by Crippen LogP contribution is -2.44. The molecule has 0 aliphatic rings. The van der Waals surface area contributed by atoms with Crippen LogP contribution in [0.1, 0.15) is 26.0 Å². The molecule has 0 saturated carbocycles. The summed E-state index contributed by atoms with van der Waals surface area (Å²) in [4.78, 5) is 0. The lowest BCUT2D eigenvalue weighted by Gasteiger charge is -2.26. The molecular weight excluding hydrogens is 326 g/mol. The fraction of sp³-hybridized carbons (Fsp3) is 0.600. The van der Waals surface area contributed by atoms with Crippen LogP contribution in [0.2, 0.25) is 0 Å². The van der Waals surface area contributed by atoms with Gasteiger partial charge in [0.2, 0.25) is 0 Å². The standard InChI is InChI=1S/C10H15Br2NO2/c1-3-10(2,6-14)13-5-7-4-8(11)9(12)15-7/h4,13-14H,3,5-6H2,1-2H3. The topological polar surface area (TPSA) is 45.4 Å². The summed E-state index contributed by atoms with van der Waals surface area (Å²) in [6.45, 7) is 4.75. The first-order valence-corrected chi connectivity index (χ1v) is 6.39. The van der Waals surface area contributed by atoms with Crippen LogP contribution in [0.3, 0.4) is 0 Å². The molecule has 1 rings (SSSR count). The van der Waals surface area contributed by atoms with E-state index in [9.17, 15) is 5.11 Å². The molecule has 5 heteroatoms. The summed E-state index contributed by atoms with van der Waals surface area (Å²) < 4.78 is 7.02. The van der Waals surface area contributed by atoms with E-state index < -0.39 is 0 Å². The molecule has 0 saturated heterocycles. The second-order valence-electron chi connectivity index (χ2n) is 3.76. The summed E-state index contributed by atoms with van der Waals surface area (Å²) >= 11 is 6.63. The molecule has 0 aliphatic heterocycles. The molecule has 0 bridgehead atoms. The van der Waals surface area contributed by atoms with Crippen molar-refractivity contribution in [3.8, 4) is 0 Å². The molecule has 0 aliphatic carbocycles. The van der Waals surface area contributed by atoms with E-state index in [1.165, 1.54) is 0 Å². The molecule has 0 fully saturated rings. The van der Waals surface area contributed by atoms with Crippen molar-refractivity contribution < 1.29 is 9.52 Å². The van der Waals surface area contributed by atoms with Crippen LogP contribution >= 0.6 is 31.9 Å². The van der Waals surface area contributed by atoms with Gasteiger partial charge >= 0.3 is 0 Å². The van der Waals surface area contributed by atoms with Gasteiger partial charge in [0.05, 0.1) is 17.6 Å². The second-order valence-corrected chi connectivity index (χ2v) is 5.33. The van der Waals surface area contributed by atoms with E-state index in [0.717, 1.165) is 16.7 Å². The number of furan rings is 1. The molecule has 0 spiro atoms. The van der Waals surface area contributed by atoms with Crippen LogP contribution in [0.5, 0.6) is 0 Å². The zero-order valence-electron chi connectivity index (χ0n) is 8.81. The van der Waals surface area contributed by atoms with Crippen molar-refractivity contribution >= 4 is 31.9 Å². The van der Waals surface area contributed by atoms with E-state index in [1.807, 2.05) is 19.9 Å². The predicted octanol–water partition coefficient (Wildman–Crippen LogP) is 3.06. The maximum absolute atomic E-state index is 9.21. The van der Waals surface area contributed by atoms with Crippen LogP contribution in [0.15, 0.2) is 19.6 Å². The van der Waals surface area contributed by atoms with E-state index >= 15 is 0 Å². The van der Waals surface area contributed by atoms with Gasteiger partial charge in [-0.25, -0.2) is 0 Å². The van der Waals surface area contributed by atoms with Gasteiger partial charge in [-0.3, -0.25) is 0 Å². The molecule has 1 heterocycles. The molecule has 1 unspecified atom stereocenters. The van der Waals surface area contributed by atoms with Crippen molar-refractivity contribution in [2.75, 3.05) is 6.61 Å². The first kappa shape index (κ1) is 13.2. The Bertz CT molecular complexity index is 302. The van der Waals surface area contributed by atoms with Crippen LogP contribution in [0.4, 0.5) is 0 Å². The maximum Gasteiger partial charge on any atom is 0.183 e. The molecule has 0 aromatic carbocycles. The Balaban J connectivity index is 2.56. The van der Waals surface area contributed by atoms with Gasteiger partial charge in [0.15, 0.2) is 4.67 Å². The maximum atomic E-state index is 9.21. The number of aliphatic hydroxyl groups is 1. The molecule has 0 radical (unpaired) electrons. The van der Waals surface area contributed by atoms with Crippen molar-refractivity contribution in [3.05, 3.63) is 21.0 Å². The summed E-state index contributed by atoms with van der Waals surface area (Å²) in [5.41, 5.74) is -0.244. The number of hydrogen-bond donors (Lipinski definition) is 2. The molecule has 3 nitrogen and oxygen atoms in total. The average Bonchev–Trinajstić information content (AvgIpc) is 2.55. The highest BCUT2D eigenvalue weighted by Crippen LogP contribution is 2.26. The quantitative estimate of drug-likeness (QED) is 0.865. The Hall–Kier alpha value is 0.160. The zero-order valence-corrected chi connectivity index (χ0v) is 12.0. The normalized spacial score (nSPS) is 15.3. The van der Waals surface area contributed by atoms with Crippen molar-refractivity contribution in [1.82, 2.24) is 5.32 Å². The summed E-state index contributed by atoms with van der Waals surface area (Å²) in [6, 6.07) is 1.91. The number of rotatable bonds is 5. The highest BCUT2D eigenvalue weighted by Gasteiger charge is 2.20. The summed E-state index contributed by atoms with van der Waals surface area (Å²) in [6.07, 6.45) is 0.868. The van der Waals surface area contributed by atoms with Crippen LogP contribution in [-0.2, 0) is 6.54 Å². The molecular formula is C10H15Br2NO2. The van der Waals surface area contributed by atoms with Crippen molar-refractivity contribution in [3.63, 3.8) is 0 Å². The Morgan fingerprint density at radius 2 is 2.20 bits per heavy atom. The lowest BCUT2D eigenvalue weighted by atomic mass is 10.0. The largest absolute Gasteiger partial charge is 0.452 e. The van der Waals surface area contributed by atoms with E-state index in [4.69, 9.17) is 4.42 Å². The molecule has 1 atom stereocenters. The smallest absolute Gasteiger partial charge is 0.183 e. The van der Waals surface area contributed by atoms with E-state index in [2.05, 4.69) is 37.2 Å². The Morgan fingerprint density at radius 3 is 2.60 bits per heavy atom. The third kappa shape index (κ3) is 3.59. The highest BCUT2D eigenvalue weighted by atomic mass is 79.9. The molecule has 1 aromatic rings. The highest BCUT2D eigenvalue weighted by molar-refractivity contribution is 9.13. The Kier molecular flexibility index (Phi) is 4.83. The SMILES string of the molecule is CCC(C)(CO)NCc1cc(Br)c(Br)o1. The Morgan fingerprint density at radius 1 is 1.53 bits per heavy atom. The first-order chi connectivity index (χ1) is 7.00. The van der Waals surface area contributed by atoms with Crippen molar-refractivity contribution in [1.29, 1.82) is 0 Å². The van der Waals surface area contributed by atoms with Crippen LogP contribution in [-0.4, -0.2) is 17.3 Å². The minimum atomic E-state index is -0.244. The van der Waals surface area contributed by atoms with E-state index in [0.29, 0.717) is 11.2 Å². The third-order valence-corrected chi connectivity index (χ3v) is 4.23. The molecule has 2 N–H and O–H groups in total. The van der Waals surface area contributed by atoms with Gasteiger partial charge < -0.3 is 14.8 Å². The summed E-state index contributed by atoms with van der Waals surface area (Å²) in [7, 11) is 0. The summed E-state index contributed by atoms with van der Waals surface area (Å²) in [5.74, 6) is 0.835. The van der Waals surface area contributed by atoms with Gasteiger partial charge in [-0.2, -0.15) is 0 Å².